The van der Waals surface area contributed by atoms with Crippen LogP contribution in [0.2, 0.25) is 10.0 Å². The fraction of sp³-hybridized carbons (Fsp3) is 0.333. The molecule has 1 unspecified atom stereocenters. The molecule has 0 aliphatic carbocycles. The first-order valence-electron chi connectivity index (χ1n) is 5.54. The Kier molecular flexibility index (Phi) is 3.78. The van der Waals surface area contributed by atoms with E-state index in [9.17, 15) is 9.59 Å². The van der Waals surface area contributed by atoms with Crippen molar-refractivity contribution in [3.63, 3.8) is 0 Å². The molecule has 1 atom stereocenters. The average molecular weight is 287 g/mol. The number of benzene rings is 1. The van der Waals surface area contributed by atoms with Crippen molar-refractivity contribution in [3.05, 3.63) is 28.2 Å². The maximum absolute atomic E-state index is 12.1. The molecule has 0 radical (unpaired) electrons. The smallest absolute Gasteiger partial charge is 0.249 e. The third kappa shape index (κ3) is 2.76. The molecule has 1 heterocycles. The van der Waals surface area contributed by atoms with Crippen LogP contribution in [-0.2, 0) is 9.59 Å². The zero-order chi connectivity index (χ0) is 13.3. The first-order valence-corrected chi connectivity index (χ1v) is 6.30. The monoisotopic (exact) mass is 286 g/mol. The molecule has 0 spiro atoms. The van der Waals surface area contributed by atoms with Gasteiger partial charge in [-0.05, 0) is 25.1 Å². The van der Waals surface area contributed by atoms with Gasteiger partial charge in [-0.15, -0.1) is 0 Å². The maximum atomic E-state index is 12.1. The number of hydrogen-bond donors (Lipinski definition) is 1. The van der Waals surface area contributed by atoms with E-state index < -0.39 is 6.04 Å². The predicted molar refractivity (Wildman–Crippen MR) is 71.0 cm³/mol. The van der Waals surface area contributed by atoms with Gasteiger partial charge in [0.05, 0.1) is 0 Å². The predicted octanol–water partition coefficient (Wildman–Crippen LogP) is 2.23. The van der Waals surface area contributed by atoms with Gasteiger partial charge in [0.15, 0.2) is 0 Å². The van der Waals surface area contributed by atoms with Crippen LogP contribution in [0.1, 0.15) is 13.3 Å². The highest BCUT2D eigenvalue weighted by molar-refractivity contribution is 6.35. The highest BCUT2D eigenvalue weighted by atomic mass is 35.5. The third-order valence-electron chi connectivity index (χ3n) is 2.74. The average Bonchev–Trinajstić information content (AvgIpc) is 2.38. The number of rotatable bonds is 1. The molecule has 2 rings (SSSR count). The lowest BCUT2D eigenvalue weighted by Crippen LogP contribution is -2.42. The van der Waals surface area contributed by atoms with Gasteiger partial charge in [-0.1, -0.05) is 23.2 Å². The van der Waals surface area contributed by atoms with Gasteiger partial charge in [0.25, 0.3) is 0 Å². The normalized spacial score (nSPS) is 20.6. The molecule has 1 aliphatic heterocycles. The van der Waals surface area contributed by atoms with Gasteiger partial charge in [-0.3, -0.25) is 9.59 Å². The van der Waals surface area contributed by atoms with Crippen molar-refractivity contribution < 1.29 is 9.59 Å². The third-order valence-corrected chi connectivity index (χ3v) is 3.17. The van der Waals surface area contributed by atoms with Crippen LogP contribution >= 0.6 is 23.2 Å². The van der Waals surface area contributed by atoms with Crippen LogP contribution in [0.5, 0.6) is 0 Å². The van der Waals surface area contributed by atoms with Crippen molar-refractivity contribution in [1.29, 1.82) is 0 Å². The second-order valence-electron chi connectivity index (χ2n) is 4.16. The Hall–Kier alpha value is -1.26. The highest BCUT2D eigenvalue weighted by Crippen LogP contribution is 2.26. The van der Waals surface area contributed by atoms with Gasteiger partial charge >= 0.3 is 0 Å². The molecule has 1 aliphatic rings. The molecule has 0 aromatic heterocycles. The molecule has 18 heavy (non-hydrogen) atoms. The summed E-state index contributed by atoms with van der Waals surface area (Å²) >= 11 is 11.8. The Balaban J connectivity index is 2.35. The van der Waals surface area contributed by atoms with Crippen LogP contribution in [0.3, 0.4) is 0 Å². The first kappa shape index (κ1) is 13.2. The maximum Gasteiger partial charge on any atom is 0.249 e. The van der Waals surface area contributed by atoms with E-state index in [1.807, 2.05) is 0 Å². The molecule has 0 bridgehead atoms. The van der Waals surface area contributed by atoms with Crippen LogP contribution in [-0.4, -0.2) is 24.4 Å². The molecule has 4 nitrogen and oxygen atoms in total. The second-order valence-corrected chi connectivity index (χ2v) is 5.03. The molecule has 1 N–H and O–H groups in total. The lowest BCUT2D eigenvalue weighted by molar-refractivity contribution is -0.125. The summed E-state index contributed by atoms with van der Waals surface area (Å²) in [4.78, 5) is 25.1. The van der Waals surface area contributed by atoms with Gasteiger partial charge < -0.3 is 10.2 Å². The van der Waals surface area contributed by atoms with E-state index in [1.165, 1.54) is 4.90 Å². The summed E-state index contributed by atoms with van der Waals surface area (Å²) in [7, 11) is 0. The van der Waals surface area contributed by atoms with Gasteiger partial charge in [0, 0.05) is 28.7 Å². The summed E-state index contributed by atoms with van der Waals surface area (Å²) in [6.45, 7) is 1.98. The number of nitrogens with zero attached hydrogens (tertiary/aromatic N) is 1. The summed E-state index contributed by atoms with van der Waals surface area (Å²) in [5, 5.41) is 3.54. The number of halogens is 2. The fourth-order valence-corrected chi connectivity index (χ4v) is 2.40. The topological polar surface area (TPSA) is 49.4 Å². The Morgan fingerprint density at radius 3 is 2.44 bits per heavy atom. The molecule has 2 amide bonds. The molecule has 1 aromatic rings. The van der Waals surface area contributed by atoms with Crippen molar-refractivity contribution in [2.45, 2.75) is 19.4 Å². The Labute approximate surface area is 115 Å². The molecule has 1 fully saturated rings. The van der Waals surface area contributed by atoms with E-state index in [-0.39, 0.29) is 18.2 Å². The number of carbonyl (C=O) groups excluding carboxylic acids is 2. The van der Waals surface area contributed by atoms with Crippen LogP contribution < -0.4 is 10.2 Å². The van der Waals surface area contributed by atoms with E-state index in [2.05, 4.69) is 5.32 Å². The van der Waals surface area contributed by atoms with E-state index in [0.29, 0.717) is 22.3 Å². The lowest BCUT2D eigenvalue weighted by Gasteiger charge is -2.22. The quantitative estimate of drug-likeness (QED) is 0.861. The highest BCUT2D eigenvalue weighted by Gasteiger charge is 2.27. The number of hydrogen-bond acceptors (Lipinski definition) is 2. The van der Waals surface area contributed by atoms with Crippen LogP contribution in [0.25, 0.3) is 0 Å². The molecular weight excluding hydrogens is 275 g/mol. The van der Waals surface area contributed by atoms with Crippen LogP contribution in [0.15, 0.2) is 18.2 Å². The minimum absolute atomic E-state index is 0.133. The van der Waals surface area contributed by atoms with E-state index in [1.54, 1.807) is 25.1 Å². The Bertz CT molecular complexity index is 485. The van der Waals surface area contributed by atoms with Crippen LogP contribution in [0.4, 0.5) is 5.69 Å². The van der Waals surface area contributed by atoms with Crippen LogP contribution in [0, 0.1) is 0 Å². The van der Waals surface area contributed by atoms with Gasteiger partial charge in [-0.2, -0.15) is 0 Å². The second kappa shape index (κ2) is 5.16. The number of nitrogens with one attached hydrogen (secondary N) is 1. The van der Waals surface area contributed by atoms with Crippen molar-refractivity contribution in [2.75, 3.05) is 11.4 Å². The fourth-order valence-electron chi connectivity index (χ4n) is 1.88. The summed E-state index contributed by atoms with van der Waals surface area (Å²) in [5.41, 5.74) is 0.612. The van der Waals surface area contributed by atoms with Crippen molar-refractivity contribution >= 4 is 40.7 Å². The summed E-state index contributed by atoms with van der Waals surface area (Å²) in [6.07, 6.45) is 0.264. The molecule has 1 aromatic carbocycles. The van der Waals surface area contributed by atoms with Gasteiger partial charge in [0.1, 0.15) is 6.04 Å². The molecular formula is C12H12Cl2N2O2. The molecule has 1 saturated heterocycles. The van der Waals surface area contributed by atoms with Crippen molar-refractivity contribution in [1.82, 2.24) is 5.32 Å². The molecule has 0 saturated carbocycles. The Morgan fingerprint density at radius 2 is 1.83 bits per heavy atom. The van der Waals surface area contributed by atoms with E-state index >= 15 is 0 Å². The minimum atomic E-state index is -0.544. The van der Waals surface area contributed by atoms with Gasteiger partial charge in [-0.25, -0.2) is 0 Å². The zero-order valence-electron chi connectivity index (χ0n) is 9.74. The minimum Gasteiger partial charge on any atom is -0.345 e. The summed E-state index contributed by atoms with van der Waals surface area (Å²) in [5.74, 6) is -0.300. The molecule has 96 valence electrons. The summed E-state index contributed by atoms with van der Waals surface area (Å²) in [6, 6.07) is 4.38. The Morgan fingerprint density at radius 1 is 1.22 bits per heavy atom. The first-order chi connectivity index (χ1) is 8.47. The zero-order valence-corrected chi connectivity index (χ0v) is 11.3. The largest absolute Gasteiger partial charge is 0.345 e. The SMILES string of the molecule is CC1NC(=O)CCN(c2cc(Cl)cc(Cl)c2)C1=O. The van der Waals surface area contributed by atoms with E-state index in [4.69, 9.17) is 23.2 Å². The number of carbonyl (C=O) groups is 2. The van der Waals surface area contributed by atoms with Gasteiger partial charge in [0.2, 0.25) is 11.8 Å². The lowest BCUT2D eigenvalue weighted by atomic mass is 10.2. The van der Waals surface area contributed by atoms with Crippen molar-refractivity contribution in [2.24, 2.45) is 0 Å². The van der Waals surface area contributed by atoms with Crippen molar-refractivity contribution in [3.8, 4) is 0 Å². The number of anilines is 1. The van der Waals surface area contributed by atoms with E-state index in [0.717, 1.165) is 0 Å². The number of amides is 2. The standard InChI is InChI=1S/C12H12Cl2N2O2/c1-7-12(18)16(3-2-11(17)15-7)10-5-8(13)4-9(14)6-10/h4-7H,2-3H2,1H3,(H,15,17). The summed E-state index contributed by atoms with van der Waals surface area (Å²) < 4.78 is 0. The molecule has 6 heteroatoms.